The van der Waals surface area contributed by atoms with E-state index in [9.17, 15) is 0 Å². The van der Waals surface area contributed by atoms with Crippen molar-refractivity contribution < 1.29 is 4.42 Å². The SMILES string of the molecule is CN(C)c1ccc(NCc2ccc(-c3ccnc4[nH]ccc34)o2)cc1. The summed E-state index contributed by atoms with van der Waals surface area (Å²) < 4.78 is 6.02. The normalized spacial score (nSPS) is 11.0. The number of nitrogens with zero attached hydrogens (tertiary/aromatic N) is 2. The summed E-state index contributed by atoms with van der Waals surface area (Å²) in [4.78, 5) is 9.53. The number of anilines is 2. The molecule has 0 radical (unpaired) electrons. The van der Waals surface area contributed by atoms with Gasteiger partial charge >= 0.3 is 0 Å². The second-order valence-corrected chi connectivity index (χ2v) is 6.16. The molecule has 5 heteroatoms. The minimum atomic E-state index is 0.642. The predicted octanol–water partition coefficient (Wildman–Crippen LogP) is 4.50. The molecule has 4 aromatic rings. The van der Waals surface area contributed by atoms with E-state index in [1.54, 1.807) is 6.20 Å². The molecule has 126 valence electrons. The molecule has 0 bridgehead atoms. The monoisotopic (exact) mass is 332 g/mol. The van der Waals surface area contributed by atoms with Crippen LogP contribution < -0.4 is 10.2 Å². The van der Waals surface area contributed by atoms with Crippen LogP contribution in [0.1, 0.15) is 5.76 Å². The van der Waals surface area contributed by atoms with Gasteiger partial charge in [0.1, 0.15) is 17.2 Å². The number of aromatic nitrogens is 2. The Hall–Kier alpha value is -3.21. The van der Waals surface area contributed by atoms with Gasteiger partial charge in [-0.1, -0.05) is 0 Å². The highest BCUT2D eigenvalue weighted by molar-refractivity contribution is 5.91. The highest BCUT2D eigenvalue weighted by Crippen LogP contribution is 2.28. The Kier molecular flexibility index (Phi) is 3.90. The van der Waals surface area contributed by atoms with Crippen molar-refractivity contribution in [3.05, 3.63) is 66.7 Å². The maximum absolute atomic E-state index is 6.02. The summed E-state index contributed by atoms with van der Waals surface area (Å²) in [5.74, 6) is 1.75. The van der Waals surface area contributed by atoms with Crippen LogP contribution >= 0.6 is 0 Å². The number of nitrogens with one attached hydrogen (secondary N) is 2. The Labute approximate surface area is 146 Å². The zero-order valence-electron chi connectivity index (χ0n) is 14.3. The minimum Gasteiger partial charge on any atom is -0.459 e. The van der Waals surface area contributed by atoms with Gasteiger partial charge in [-0.2, -0.15) is 0 Å². The lowest BCUT2D eigenvalue weighted by Crippen LogP contribution is -2.08. The number of rotatable bonds is 5. The van der Waals surface area contributed by atoms with Crippen molar-refractivity contribution in [2.45, 2.75) is 6.54 Å². The number of furan rings is 1. The molecule has 3 heterocycles. The number of fused-ring (bicyclic) bond motifs is 1. The molecule has 0 saturated carbocycles. The summed E-state index contributed by atoms with van der Waals surface area (Å²) in [6.45, 7) is 0.642. The number of H-pyrrole nitrogens is 1. The molecule has 0 atom stereocenters. The molecule has 0 aliphatic carbocycles. The summed E-state index contributed by atoms with van der Waals surface area (Å²) in [6, 6.07) is 16.3. The maximum Gasteiger partial charge on any atom is 0.137 e. The lowest BCUT2D eigenvalue weighted by atomic mass is 10.1. The van der Waals surface area contributed by atoms with Gasteiger partial charge in [-0.3, -0.25) is 0 Å². The molecule has 0 amide bonds. The minimum absolute atomic E-state index is 0.642. The van der Waals surface area contributed by atoms with Crippen LogP contribution in [0.15, 0.2) is 65.3 Å². The van der Waals surface area contributed by atoms with Gasteiger partial charge in [0.15, 0.2) is 0 Å². The van der Waals surface area contributed by atoms with Gasteiger partial charge in [0, 0.05) is 48.8 Å². The van der Waals surface area contributed by atoms with Crippen molar-refractivity contribution in [1.29, 1.82) is 0 Å². The largest absolute Gasteiger partial charge is 0.459 e. The van der Waals surface area contributed by atoms with Gasteiger partial charge in [0.25, 0.3) is 0 Å². The molecule has 0 unspecified atom stereocenters. The molecule has 4 rings (SSSR count). The van der Waals surface area contributed by atoms with Crippen molar-refractivity contribution in [2.24, 2.45) is 0 Å². The molecule has 2 N–H and O–H groups in total. The van der Waals surface area contributed by atoms with E-state index in [1.165, 1.54) is 5.69 Å². The zero-order chi connectivity index (χ0) is 17.2. The molecule has 0 spiro atoms. The van der Waals surface area contributed by atoms with Crippen molar-refractivity contribution in [1.82, 2.24) is 9.97 Å². The third-order valence-corrected chi connectivity index (χ3v) is 4.24. The first-order valence-electron chi connectivity index (χ1n) is 8.23. The Morgan fingerprint density at radius 2 is 1.88 bits per heavy atom. The smallest absolute Gasteiger partial charge is 0.137 e. The lowest BCUT2D eigenvalue weighted by Gasteiger charge is -2.13. The average Bonchev–Trinajstić information content (AvgIpc) is 3.29. The number of benzene rings is 1. The Morgan fingerprint density at radius 1 is 1.04 bits per heavy atom. The van der Waals surface area contributed by atoms with Crippen LogP contribution in [-0.2, 0) is 6.54 Å². The Morgan fingerprint density at radius 3 is 2.68 bits per heavy atom. The van der Waals surface area contributed by atoms with Gasteiger partial charge in [0.05, 0.1) is 6.54 Å². The number of hydrogen-bond acceptors (Lipinski definition) is 4. The second-order valence-electron chi connectivity index (χ2n) is 6.16. The highest BCUT2D eigenvalue weighted by atomic mass is 16.3. The summed E-state index contributed by atoms with van der Waals surface area (Å²) >= 11 is 0. The zero-order valence-corrected chi connectivity index (χ0v) is 14.3. The van der Waals surface area contributed by atoms with Crippen LogP contribution in [0, 0.1) is 0 Å². The van der Waals surface area contributed by atoms with Crippen molar-refractivity contribution in [3.8, 4) is 11.3 Å². The summed E-state index contributed by atoms with van der Waals surface area (Å²) in [5, 5.41) is 4.46. The maximum atomic E-state index is 6.02. The first kappa shape index (κ1) is 15.3. The summed E-state index contributed by atoms with van der Waals surface area (Å²) in [7, 11) is 4.07. The van der Waals surface area contributed by atoms with E-state index in [4.69, 9.17) is 4.42 Å². The first-order valence-corrected chi connectivity index (χ1v) is 8.23. The standard InChI is InChI=1S/C20H20N4O/c1-24(2)15-5-3-14(4-6-15)23-13-16-7-8-19(25-16)17-9-11-21-20-18(17)10-12-22-20/h3-12,23H,13H2,1-2H3,(H,21,22). The molecule has 0 aliphatic heterocycles. The summed E-state index contributed by atoms with van der Waals surface area (Å²) in [6.07, 6.45) is 3.69. The third kappa shape index (κ3) is 3.08. The van der Waals surface area contributed by atoms with E-state index in [2.05, 4.69) is 44.5 Å². The van der Waals surface area contributed by atoms with E-state index in [0.29, 0.717) is 6.54 Å². The van der Waals surface area contributed by atoms with E-state index < -0.39 is 0 Å². The van der Waals surface area contributed by atoms with E-state index >= 15 is 0 Å². The fraction of sp³-hybridized carbons (Fsp3) is 0.150. The van der Waals surface area contributed by atoms with Crippen molar-refractivity contribution in [2.75, 3.05) is 24.3 Å². The molecule has 0 aliphatic rings. The Balaban J connectivity index is 1.49. The van der Waals surface area contributed by atoms with Gasteiger partial charge < -0.3 is 19.6 Å². The van der Waals surface area contributed by atoms with Gasteiger partial charge in [-0.15, -0.1) is 0 Å². The van der Waals surface area contributed by atoms with Gasteiger partial charge in [-0.25, -0.2) is 4.98 Å². The summed E-state index contributed by atoms with van der Waals surface area (Å²) in [5.41, 5.74) is 4.17. The van der Waals surface area contributed by atoms with Crippen LogP contribution in [0.4, 0.5) is 11.4 Å². The van der Waals surface area contributed by atoms with Gasteiger partial charge in [0.2, 0.25) is 0 Å². The van der Waals surface area contributed by atoms with Crippen molar-refractivity contribution >= 4 is 22.4 Å². The molecular weight excluding hydrogens is 312 g/mol. The predicted molar refractivity (Wildman–Crippen MR) is 102 cm³/mol. The molecule has 0 fully saturated rings. The molecule has 0 saturated heterocycles. The molecular formula is C20H20N4O. The Bertz CT molecular complexity index is 982. The van der Waals surface area contributed by atoms with Crippen LogP contribution in [0.2, 0.25) is 0 Å². The molecule has 25 heavy (non-hydrogen) atoms. The van der Waals surface area contributed by atoms with Crippen LogP contribution in [0.3, 0.4) is 0 Å². The van der Waals surface area contributed by atoms with E-state index in [0.717, 1.165) is 33.8 Å². The molecule has 3 aromatic heterocycles. The fourth-order valence-electron chi connectivity index (χ4n) is 2.86. The topological polar surface area (TPSA) is 57.1 Å². The fourth-order valence-corrected chi connectivity index (χ4v) is 2.86. The van der Waals surface area contributed by atoms with Crippen molar-refractivity contribution in [3.63, 3.8) is 0 Å². The van der Waals surface area contributed by atoms with Crippen LogP contribution in [0.5, 0.6) is 0 Å². The molecule has 5 nitrogen and oxygen atoms in total. The number of aromatic amines is 1. The van der Waals surface area contributed by atoms with Crippen LogP contribution in [0.25, 0.3) is 22.4 Å². The molecule has 1 aromatic carbocycles. The number of hydrogen-bond donors (Lipinski definition) is 2. The quantitative estimate of drug-likeness (QED) is 0.565. The van der Waals surface area contributed by atoms with Gasteiger partial charge in [-0.05, 0) is 48.5 Å². The number of pyridine rings is 1. The third-order valence-electron chi connectivity index (χ3n) is 4.24. The van der Waals surface area contributed by atoms with E-state index in [1.807, 2.05) is 44.6 Å². The first-order chi connectivity index (χ1) is 12.2. The van der Waals surface area contributed by atoms with E-state index in [-0.39, 0.29) is 0 Å². The average molecular weight is 332 g/mol. The second kappa shape index (κ2) is 6.36. The van der Waals surface area contributed by atoms with Crippen LogP contribution in [-0.4, -0.2) is 24.1 Å². The highest BCUT2D eigenvalue weighted by Gasteiger charge is 2.09. The lowest BCUT2D eigenvalue weighted by molar-refractivity contribution is 0.532.